The standard InChI is InChI=1S/C19H25N3/c1-3-14-13-4-2-8-21-17(13)11-15-18(14)16(5-1)22-19(15)12-6-9-20-10-7-12/h1,3,5,12-13,17,20-22H,2,4,6-11H2/t13?,17-/m1/s1. The van der Waals surface area contributed by atoms with E-state index in [0.29, 0.717) is 6.04 Å². The van der Waals surface area contributed by atoms with Crippen LogP contribution in [0.4, 0.5) is 0 Å². The summed E-state index contributed by atoms with van der Waals surface area (Å²) in [6.45, 7) is 3.52. The number of rotatable bonds is 1. The Balaban J connectivity index is 1.67. The fraction of sp³-hybridized carbons (Fsp3) is 0.579. The average molecular weight is 295 g/mol. The summed E-state index contributed by atoms with van der Waals surface area (Å²) in [5.74, 6) is 1.44. The van der Waals surface area contributed by atoms with Crippen molar-refractivity contribution in [3.8, 4) is 0 Å². The largest absolute Gasteiger partial charge is 0.358 e. The third-order valence-corrected chi connectivity index (χ3v) is 6.15. The molecule has 5 rings (SSSR count). The van der Waals surface area contributed by atoms with Gasteiger partial charge in [-0.3, -0.25) is 0 Å². The first-order chi connectivity index (χ1) is 10.9. The zero-order valence-electron chi connectivity index (χ0n) is 13.1. The van der Waals surface area contributed by atoms with Crippen LogP contribution in [0.3, 0.4) is 0 Å². The normalized spacial score (nSPS) is 28.7. The Labute approximate surface area is 131 Å². The molecule has 3 N–H and O–H groups in total. The van der Waals surface area contributed by atoms with Gasteiger partial charge in [0.15, 0.2) is 0 Å². The van der Waals surface area contributed by atoms with Crippen molar-refractivity contribution in [2.24, 2.45) is 0 Å². The summed E-state index contributed by atoms with van der Waals surface area (Å²) in [7, 11) is 0. The van der Waals surface area contributed by atoms with Gasteiger partial charge in [-0.05, 0) is 68.9 Å². The molecule has 116 valence electrons. The van der Waals surface area contributed by atoms with E-state index in [9.17, 15) is 0 Å². The van der Waals surface area contributed by atoms with Crippen molar-refractivity contribution in [1.29, 1.82) is 0 Å². The second-order valence-electron chi connectivity index (χ2n) is 7.32. The molecular formula is C19H25N3. The molecule has 2 saturated heterocycles. The maximum absolute atomic E-state index is 3.82. The van der Waals surface area contributed by atoms with Gasteiger partial charge in [0.25, 0.3) is 0 Å². The predicted octanol–water partition coefficient (Wildman–Crippen LogP) is 3.03. The van der Waals surface area contributed by atoms with Gasteiger partial charge in [0.05, 0.1) is 0 Å². The maximum Gasteiger partial charge on any atom is 0.0461 e. The lowest BCUT2D eigenvalue weighted by atomic mass is 9.74. The lowest BCUT2D eigenvalue weighted by Gasteiger charge is -2.37. The summed E-state index contributed by atoms with van der Waals surface area (Å²) in [6, 6.07) is 7.57. The first-order valence-corrected chi connectivity index (χ1v) is 8.99. The average Bonchev–Trinajstić information content (AvgIpc) is 2.96. The number of aromatic nitrogens is 1. The highest BCUT2D eigenvalue weighted by atomic mass is 14.9. The van der Waals surface area contributed by atoms with Crippen LogP contribution in [0.5, 0.6) is 0 Å². The van der Waals surface area contributed by atoms with E-state index in [1.807, 2.05) is 0 Å². The minimum Gasteiger partial charge on any atom is -0.358 e. The quantitative estimate of drug-likeness (QED) is 0.757. The third kappa shape index (κ3) is 1.88. The molecular weight excluding hydrogens is 270 g/mol. The summed E-state index contributed by atoms with van der Waals surface area (Å²) in [5, 5.41) is 8.87. The Morgan fingerprint density at radius 1 is 1.00 bits per heavy atom. The molecule has 1 unspecified atom stereocenters. The van der Waals surface area contributed by atoms with Crippen LogP contribution in [0, 0.1) is 0 Å². The summed E-state index contributed by atoms with van der Waals surface area (Å²) in [4.78, 5) is 3.82. The van der Waals surface area contributed by atoms with Gasteiger partial charge in [-0.15, -0.1) is 0 Å². The molecule has 2 atom stereocenters. The Hall–Kier alpha value is -1.32. The number of nitrogens with one attached hydrogen (secondary N) is 3. The zero-order valence-corrected chi connectivity index (χ0v) is 13.1. The second-order valence-corrected chi connectivity index (χ2v) is 7.32. The summed E-state index contributed by atoms with van der Waals surface area (Å²) in [6.07, 6.45) is 6.44. The van der Waals surface area contributed by atoms with E-state index in [0.717, 1.165) is 24.9 Å². The smallest absolute Gasteiger partial charge is 0.0461 e. The minimum atomic E-state index is 0.656. The molecule has 0 radical (unpaired) electrons. The topological polar surface area (TPSA) is 39.9 Å². The van der Waals surface area contributed by atoms with Gasteiger partial charge >= 0.3 is 0 Å². The summed E-state index contributed by atoms with van der Waals surface area (Å²) < 4.78 is 0. The first kappa shape index (κ1) is 13.1. The van der Waals surface area contributed by atoms with Gasteiger partial charge in [0.1, 0.15) is 0 Å². The molecule has 3 nitrogen and oxygen atoms in total. The van der Waals surface area contributed by atoms with Crippen LogP contribution in [-0.4, -0.2) is 30.7 Å². The molecule has 0 bridgehead atoms. The fourth-order valence-electron chi connectivity index (χ4n) is 5.11. The van der Waals surface area contributed by atoms with Crippen molar-refractivity contribution in [3.63, 3.8) is 0 Å². The van der Waals surface area contributed by atoms with Crippen molar-refractivity contribution in [2.45, 2.75) is 50.0 Å². The van der Waals surface area contributed by atoms with E-state index >= 15 is 0 Å². The third-order valence-electron chi connectivity index (χ3n) is 6.15. The van der Waals surface area contributed by atoms with Gasteiger partial charge in [0.2, 0.25) is 0 Å². The molecule has 3 heterocycles. The molecule has 2 aliphatic heterocycles. The van der Waals surface area contributed by atoms with E-state index in [-0.39, 0.29) is 0 Å². The molecule has 1 aromatic heterocycles. The molecule has 3 aliphatic rings. The highest BCUT2D eigenvalue weighted by molar-refractivity contribution is 5.90. The number of aromatic amines is 1. The van der Waals surface area contributed by atoms with Crippen molar-refractivity contribution in [3.05, 3.63) is 35.0 Å². The Morgan fingerprint density at radius 2 is 1.91 bits per heavy atom. The number of hydrogen-bond donors (Lipinski definition) is 3. The van der Waals surface area contributed by atoms with Gasteiger partial charge in [0, 0.05) is 34.5 Å². The van der Waals surface area contributed by atoms with Crippen LogP contribution in [0.25, 0.3) is 10.9 Å². The van der Waals surface area contributed by atoms with Crippen LogP contribution in [-0.2, 0) is 6.42 Å². The lowest BCUT2D eigenvalue weighted by Crippen LogP contribution is -2.43. The van der Waals surface area contributed by atoms with Gasteiger partial charge in [-0.25, -0.2) is 0 Å². The van der Waals surface area contributed by atoms with E-state index in [2.05, 4.69) is 33.8 Å². The molecule has 0 spiro atoms. The van der Waals surface area contributed by atoms with Crippen LogP contribution in [0.15, 0.2) is 18.2 Å². The van der Waals surface area contributed by atoms with Crippen LogP contribution in [0.1, 0.15) is 54.3 Å². The first-order valence-electron chi connectivity index (χ1n) is 8.99. The van der Waals surface area contributed by atoms with Crippen molar-refractivity contribution >= 4 is 10.9 Å². The Bertz CT molecular complexity index is 696. The Morgan fingerprint density at radius 3 is 2.82 bits per heavy atom. The highest BCUT2D eigenvalue weighted by Crippen LogP contribution is 2.44. The molecule has 0 saturated carbocycles. The molecule has 22 heavy (non-hydrogen) atoms. The van der Waals surface area contributed by atoms with E-state index in [4.69, 9.17) is 0 Å². The van der Waals surface area contributed by atoms with E-state index < -0.39 is 0 Å². The number of hydrogen-bond acceptors (Lipinski definition) is 2. The minimum absolute atomic E-state index is 0.656. The van der Waals surface area contributed by atoms with Gasteiger partial charge in [-0.1, -0.05) is 12.1 Å². The Kier molecular flexibility index (Phi) is 3.05. The van der Waals surface area contributed by atoms with Gasteiger partial charge in [-0.2, -0.15) is 0 Å². The molecule has 1 aliphatic carbocycles. The van der Waals surface area contributed by atoms with E-state index in [1.165, 1.54) is 44.2 Å². The monoisotopic (exact) mass is 295 g/mol. The summed E-state index contributed by atoms with van der Waals surface area (Å²) in [5.41, 5.74) is 6.17. The number of fused-ring (bicyclic) bond motifs is 2. The fourth-order valence-corrected chi connectivity index (χ4v) is 5.11. The lowest BCUT2D eigenvalue weighted by molar-refractivity contribution is 0.343. The molecule has 2 aromatic rings. The van der Waals surface area contributed by atoms with Crippen LogP contribution < -0.4 is 10.6 Å². The van der Waals surface area contributed by atoms with Gasteiger partial charge < -0.3 is 15.6 Å². The van der Waals surface area contributed by atoms with Crippen molar-refractivity contribution < 1.29 is 0 Å². The second kappa shape index (κ2) is 5.10. The van der Waals surface area contributed by atoms with Crippen molar-refractivity contribution in [1.82, 2.24) is 15.6 Å². The molecule has 0 amide bonds. The highest BCUT2D eigenvalue weighted by Gasteiger charge is 2.35. The van der Waals surface area contributed by atoms with Crippen LogP contribution in [0.2, 0.25) is 0 Å². The number of piperidine rings is 2. The molecule has 1 aromatic carbocycles. The van der Waals surface area contributed by atoms with Crippen molar-refractivity contribution in [2.75, 3.05) is 19.6 Å². The zero-order chi connectivity index (χ0) is 14.5. The van der Waals surface area contributed by atoms with E-state index in [1.54, 1.807) is 22.2 Å². The maximum atomic E-state index is 3.82. The summed E-state index contributed by atoms with van der Waals surface area (Å²) >= 11 is 0. The number of benzene rings is 1. The SMILES string of the molecule is c1cc2c3c(c(C4CCNCC4)[nH]c3c1)C[C@H]1NCCCC21. The number of H-pyrrole nitrogens is 1. The molecule has 2 fully saturated rings. The predicted molar refractivity (Wildman–Crippen MR) is 90.6 cm³/mol. The van der Waals surface area contributed by atoms with Crippen LogP contribution >= 0.6 is 0 Å². The molecule has 3 heteroatoms.